The zero-order chi connectivity index (χ0) is 13.4. The van der Waals surface area contributed by atoms with E-state index in [1.807, 2.05) is 6.92 Å². The van der Waals surface area contributed by atoms with Crippen LogP contribution in [-0.2, 0) is 4.79 Å². The van der Waals surface area contributed by atoms with Crippen molar-refractivity contribution in [2.45, 2.75) is 26.2 Å². The van der Waals surface area contributed by atoms with E-state index >= 15 is 0 Å². The average molecular weight is 250 g/mol. The number of rotatable bonds is 5. The Morgan fingerprint density at radius 1 is 1.28 bits per heavy atom. The van der Waals surface area contributed by atoms with Crippen LogP contribution in [0.25, 0.3) is 0 Å². The van der Waals surface area contributed by atoms with Crippen LogP contribution in [-0.4, -0.2) is 18.9 Å². The van der Waals surface area contributed by atoms with E-state index in [9.17, 15) is 9.59 Å². The first-order valence-corrected chi connectivity index (χ1v) is 5.90. The van der Waals surface area contributed by atoms with Crippen LogP contribution in [0.15, 0.2) is 24.3 Å². The van der Waals surface area contributed by atoms with Gasteiger partial charge in [0.25, 0.3) is 5.91 Å². The average Bonchev–Trinajstić information content (AvgIpc) is 2.42. The summed E-state index contributed by atoms with van der Waals surface area (Å²) in [6.45, 7) is 2.00. The number of ether oxygens (including phenoxy) is 1. The highest BCUT2D eigenvalue weighted by Crippen LogP contribution is 2.11. The van der Waals surface area contributed by atoms with E-state index < -0.39 is 0 Å². The van der Waals surface area contributed by atoms with Gasteiger partial charge in [-0.25, -0.2) is 0 Å². The molecule has 0 aliphatic heterocycles. The molecule has 1 aromatic carbocycles. The highest BCUT2D eigenvalue weighted by atomic mass is 16.5. The normalized spacial score (nSPS) is 9.67. The molecule has 0 aliphatic rings. The third-order valence-electron chi connectivity index (χ3n) is 2.40. The maximum Gasteiger partial charge on any atom is 0.269 e. The molecule has 0 unspecified atom stereocenters. The predicted octanol–water partition coefficient (Wildman–Crippen LogP) is 1.65. The first-order chi connectivity index (χ1) is 8.67. The Kier molecular flexibility index (Phi) is 5.70. The van der Waals surface area contributed by atoms with Gasteiger partial charge in [0, 0.05) is 12.0 Å². The second-order valence-corrected chi connectivity index (χ2v) is 3.84. The summed E-state index contributed by atoms with van der Waals surface area (Å²) in [5.41, 5.74) is 5.17. The van der Waals surface area contributed by atoms with E-state index in [0.29, 0.717) is 17.7 Å². The van der Waals surface area contributed by atoms with Crippen molar-refractivity contribution in [2.24, 2.45) is 0 Å². The number of unbranched alkanes of at least 4 members (excludes halogenated alkanes) is 1. The molecule has 0 aliphatic carbocycles. The van der Waals surface area contributed by atoms with E-state index in [4.69, 9.17) is 4.74 Å². The molecule has 2 N–H and O–H groups in total. The monoisotopic (exact) mass is 250 g/mol. The van der Waals surface area contributed by atoms with Crippen LogP contribution < -0.4 is 15.6 Å². The zero-order valence-electron chi connectivity index (χ0n) is 10.7. The molecular weight excluding hydrogens is 232 g/mol. The van der Waals surface area contributed by atoms with Gasteiger partial charge in [-0.2, -0.15) is 0 Å². The lowest BCUT2D eigenvalue weighted by Gasteiger charge is -2.07. The second kappa shape index (κ2) is 7.32. The molecule has 5 heteroatoms. The molecule has 0 heterocycles. The first kappa shape index (κ1) is 14.0. The van der Waals surface area contributed by atoms with Crippen LogP contribution in [0.2, 0.25) is 0 Å². The second-order valence-electron chi connectivity index (χ2n) is 3.84. The Balaban J connectivity index is 2.47. The van der Waals surface area contributed by atoms with E-state index in [-0.39, 0.29) is 11.8 Å². The Labute approximate surface area is 106 Å². The van der Waals surface area contributed by atoms with Gasteiger partial charge in [-0.3, -0.25) is 20.4 Å². The van der Waals surface area contributed by atoms with Crippen molar-refractivity contribution in [3.05, 3.63) is 29.8 Å². The molecule has 1 rings (SSSR count). The van der Waals surface area contributed by atoms with Crippen LogP contribution in [0.1, 0.15) is 36.5 Å². The molecular formula is C13H18N2O3. The van der Waals surface area contributed by atoms with Gasteiger partial charge < -0.3 is 4.74 Å². The van der Waals surface area contributed by atoms with Gasteiger partial charge in [0.05, 0.1) is 7.11 Å². The fourth-order valence-electron chi connectivity index (χ4n) is 1.36. The summed E-state index contributed by atoms with van der Waals surface area (Å²) < 4.78 is 5.02. The van der Waals surface area contributed by atoms with Gasteiger partial charge >= 0.3 is 0 Å². The number of methoxy groups -OCH3 is 1. The number of carbonyl (C=O) groups excluding carboxylic acids is 2. The van der Waals surface area contributed by atoms with Crippen LogP contribution >= 0.6 is 0 Å². The van der Waals surface area contributed by atoms with Crippen LogP contribution in [0.3, 0.4) is 0 Å². The van der Waals surface area contributed by atoms with Crippen molar-refractivity contribution in [1.82, 2.24) is 10.9 Å². The van der Waals surface area contributed by atoms with Crippen molar-refractivity contribution in [2.75, 3.05) is 7.11 Å². The number of amides is 2. The Hall–Kier alpha value is -2.04. The largest absolute Gasteiger partial charge is 0.497 e. The SMILES string of the molecule is CCCCC(=O)NNC(=O)c1cccc(OC)c1. The van der Waals surface area contributed by atoms with Gasteiger partial charge in [-0.1, -0.05) is 19.4 Å². The predicted molar refractivity (Wildman–Crippen MR) is 68.1 cm³/mol. The minimum absolute atomic E-state index is 0.187. The van der Waals surface area contributed by atoms with E-state index in [1.165, 1.54) is 7.11 Å². The fraction of sp³-hybridized carbons (Fsp3) is 0.385. The number of hydrazine groups is 1. The van der Waals surface area contributed by atoms with Crippen LogP contribution in [0.5, 0.6) is 5.75 Å². The number of hydrogen-bond donors (Lipinski definition) is 2. The maximum atomic E-state index is 11.7. The van der Waals surface area contributed by atoms with Crippen LogP contribution in [0.4, 0.5) is 0 Å². The molecule has 0 saturated heterocycles. The molecule has 18 heavy (non-hydrogen) atoms. The van der Waals surface area contributed by atoms with Crippen molar-refractivity contribution in [3.8, 4) is 5.75 Å². The van der Waals surface area contributed by atoms with E-state index in [2.05, 4.69) is 10.9 Å². The van der Waals surface area contributed by atoms with Crippen molar-refractivity contribution in [3.63, 3.8) is 0 Å². The van der Waals surface area contributed by atoms with Gasteiger partial charge in [0.2, 0.25) is 5.91 Å². The number of nitrogens with one attached hydrogen (secondary N) is 2. The van der Waals surface area contributed by atoms with Crippen molar-refractivity contribution < 1.29 is 14.3 Å². The highest BCUT2D eigenvalue weighted by molar-refractivity contribution is 5.95. The Morgan fingerprint density at radius 3 is 2.72 bits per heavy atom. The summed E-state index contributed by atoms with van der Waals surface area (Å²) in [6, 6.07) is 6.72. The molecule has 5 nitrogen and oxygen atoms in total. The zero-order valence-corrected chi connectivity index (χ0v) is 10.7. The minimum Gasteiger partial charge on any atom is -0.497 e. The lowest BCUT2D eigenvalue weighted by Crippen LogP contribution is -2.41. The molecule has 2 amide bonds. The van der Waals surface area contributed by atoms with Crippen molar-refractivity contribution in [1.29, 1.82) is 0 Å². The standard InChI is InChI=1S/C13H18N2O3/c1-3-4-8-12(16)14-15-13(17)10-6-5-7-11(9-10)18-2/h5-7,9H,3-4,8H2,1-2H3,(H,14,16)(H,15,17). The summed E-state index contributed by atoms with van der Waals surface area (Å²) in [7, 11) is 1.53. The lowest BCUT2D eigenvalue weighted by atomic mass is 10.2. The molecule has 0 fully saturated rings. The van der Waals surface area contributed by atoms with Gasteiger partial charge in [0.15, 0.2) is 0 Å². The lowest BCUT2D eigenvalue weighted by molar-refractivity contribution is -0.121. The molecule has 0 radical (unpaired) electrons. The van der Waals surface area contributed by atoms with Gasteiger partial charge in [-0.15, -0.1) is 0 Å². The first-order valence-electron chi connectivity index (χ1n) is 5.90. The number of hydrogen-bond acceptors (Lipinski definition) is 3. The summed E-state index contributed by atoms with van der Waals surface area (Å²) in [6.07, 6.45) is 2.16. The quantitative estimate of drug-likeness (QED) is 0.781. The summed E-state index contributed by atoms with van der Waals surface area (Å²) in [4.78, 5) is 23.0. The molecule has 1 aromatic rings. The van der Waals surface area contributed by atoms with E-state index in [0.717, 1.165) is 12.8 Å². The van der Waals surface area contributed by atoms with E-state index in [1.54, 1.807) is 24.3 Å². The van der Waals surface area contributed by atoms with Gasteiger partial charge in [0.1, 0.15) is 5.75 Å². The summed E-state index contributed by atoms with van der Waals surface area (Å²) >= 11 is 0. The third kappa shape index (κ3) is 4.45. The summed E-state index contributed by atoms with van der Waals surface area (Å²) in [5, 5.41) is 0. The highest BCUT2D eigenvalue weighted by Gasteiger charge is 2.07. The molecule has 0 atom stereocenters. The molecule has 0 aromatic heterocycles. The third-order valence-corrected chi connectivity index (χ3v) is 2.40. The molecule has 0 spiro atoms. The molecule has 0 saturated carbocycles. The fourth-order valence-corrected chi connectivity index (χ4v) is 1.36. The smallest absolute Gasteiger partial charge is 0.269 e. The topological polar surface area (TPSA) is 67.4 Å². The van der Waals surface area contributed by atoms with Gasteiger partial charge in [-0.05, 0) is 24.6 Å². The number of benzene rings is 1. The summed E-state index contributed by atoms with van der Waals surface area (Å²) in [5.74, 6) is 0.0480. The maximum absolute atomic E-state index is 11.7. The Bertz CT molecular complexity index is 418. The Morgan fingerprint density at radius 2 is 2.06 bits per heavy atom. The van der Waals surface area contributed by atoms with Crippen LogP contribution in [0, 0.1) is 0 Å². The molecule has 0 bridgehead atoms. The number of carbonyl (C=O) groups is 2. The minimum atomic E-state index is -0.362. The molecule has 98 valence electrons. The van der Waals surface area contributed by atoms with Crippen molar-refractivity contribution >= 4 is 11.8 Å².